The molecule has 0 bridgehead atoms. The predicted octanol–water partition coefficient (Wildman–Crippen LogP) is 5.22. The van der Waals surface area contributed by atoms with Gasteiger partial charge in [0.05, 0.1) is 16.6 Å². The SMILES string of the molecule is Cc1ccccc1C(NC(=O)CN1c2ccc(F)cc2-c2ccccc2S1(=O)=O)c1ccccc1. The van der Waals surface area contributed by atoms with Crippen molar-refractivity contribution >= 4 is 21.6 Å². The van der Waals surface area contributed by atoms with Crippen molar-refractivity contribution in [3.05, 3.63) is 120 Å². The Labute approximate surface area is 203 Å². The summed E-state index contributed by atoms with van der Waals surface area (Å²) in [6.45, 7) is 1.53. The van der Waals surface area contributed by atoms with Gasteiger partial charge in [0.15, 0.2) is 0 Å². The number of nitrogens with one attached hydrogen (secondary N) is 1. The summed E-state index contributed by atoms with van der Waals surface area (Å²) in [5.41, 5.74) is 3.92. The van der Waals surface area contributed by atoms with Crippen LogP contribution in [-0.2, 0) is 14.8 Å². The molecule has 176 valence electrons. The van der Waals surface area contributed by atoms with E-state index < -0.39 is 34.3 Å². The topological polar surface area (TPSA) is 66.5 Å². The standard InChI is InChI=1S/C28H23FN2O3S/c1-19-9-5-6-12-22(19)28(20-10-3-2-4-11-20)30-27(32)18-31-25-16-15-21(29)17-24(25)23-13-7-8-14-26(23)35(31,33)34/h2-17,28H,18H2,1H3,(H,30,32). The molecule has 1 unspecified atom stereocenters. The van der Waals surface area contributed by atoms with Crippen LogP contribution in [0.1, 0.15) is 22.7 Å². The lowest BCUT2D eigenvalue weighted by Gasteiger charge is -2.32. The van der Waals surface area contributed by atoms with E-state index in [4.69, 9.17) is 0 Å². The van der Waals surface area contributed by atoms with Crippen LogP contribution in [0.4, 0.5) is 10.1 Å². The summed E-state index contributed by atoms with van der Waals surface area (Å²) < 4.78 is 42.2. The Hall–Kier alpha value is -3.97. The van der Waals surface area contributed by atoms with Crippen LogP contribution < -0.4 is 9.62 Å². The highest BCUT2D eigenvalue weighted by Crippen LogP contribution is 2.43. The highest BCUT2D eigenvalue weighted by molar-refractivity contribution is 7.93. The van der Waals surface area contributed by atoms with Crippen molar-refractivity contribution < 1.29 is 17.6 Å². The van der Waals surface area contributed by atoms with Crippen molar-refractivity contribution in [2.75, 3.05) is 10.8 Å². The van der Waals surface area contributed by atoms with Crippen LogP contribution in [0.15, 0.2) is 102 Å². The maximum absolute atomic E-state index is 14.1. The zero-order valence-electron chi connectivity index (χ0n) is 19.0. The monoisotopic (exact) mass is 486 g/mol. The van der Waals surface area contributed by atoms with Gasteiger partial charge in [-0.2, -0.15) is 0 Å². The van der Waals surface area contributed by atoms with Gasteiger partial charge in [0.25, 0.3) is 10.0 Å². The summed E-state index contributed by atoms with van der Waals surface area (Å²) >= 11 is 0. The van der Waals surface area contributed by atoms with E-state index in [9.17, 15) is 17.6 Å². The number of benzene rings is 4. The van der Waals surface area contributed by atoms with Crippen LogP contribution in [0.25, 0.3) is 11.1 Å². The van der Waals surface area contributed by atoms with E-state index >= 15 is 0 Å². The van der Waals surface area contributed by atoms with Crippen LogP contribution >= 0.6 is 0 Å². The van der Waals surface area contributed by atoms with E-state index in [-0.39, 0.29) is 10.6 Å². The second-order valence-corrected chi connectivity index (χ2v) is 10.3. The van der Waals surface area contributed by atoms with Gasteiger partial charge in [0, 0.05) is 11.1 Å². The van der Waals surface area contributed by atoms with Crippen LogP contribution in [0.5, 0.6) is 0 Å². The number of amides is 1. The lowest BCUT2D eigenvalue weighted by Crippen LogP contribution is -2.43. The third-order valence-electron chi connectivity index (χ3n) is 6.20. The van der Waals surface area contributed by atoms with Gasteiger partial charge in [-0.1, -0.05) is 72.8 Å². The zero-order chi connectivity index (χ0) is 24.6. The minimum atomic E-state index is -4.03. The van der Waals surface area contributed by atoms with Crippen molar-refractivity contribution in [3.63, 3.8) is 0 Å². The third kappa shape index (κ3) is 4.19. The minimum absolute atomic E-state index is 0.0458. The Balaban J connectivity index is 1.52. The quantitative estimate of drug-likeness (QED) is 0.421. The molecule has 5 rings (SSSR count). The normalized spacial score (nSPS) is 14.5. The molecule has 0 spiro atoms. The second kappa shape index (κ2) is 9.00. The Morgan fingerprint density at radius 3 is 2.34 bits per heavy atom. The Bertz CT molecular complexity index is 1520. The van der Waals surface area contributed by atoms with Gasteiger partial charge in [-0.25, -0.2) is 12.8 Å². The van der Waals surface area contributed by atoms with Crippen LogP contribution in [0.3, 0.4) is 0 Å². The molecule has 4 aromatic carbocycles. The number of rotatable bonds is 5. The largest absolute Gasteiger partial charge is 0.344 e. The minimum Gasteiger partial charge on any atom is -0.344 e. The predicted molar refractivity (Wildman–Crippen MR) is 134 cm³/mol. The van der Waals surface area contributed by atoms with E-state index in [0.29, 0.717) is 11.1 Å². The molecule has 0 fully saturated rings. The molecular formula is C28H23FN2O3S. The molecule has 0 saturated carbocycles. The Morgan fingerprint density at radius 1 is 0.886 bits per heavy atom. The Kier molecular flexibility index (Phi) is 5.86. The number of anilines is 1. The van der Waals surface area contributed by atoms with Gasteiger partial charge in [-0.15, -0.1) is 0 Å². The van der Waals surface area contributed by atoms with E-state index in [1.54, 1.807) is 18.2 Å². The van der Waals surface area contributed by atoms with Crippen LogP contribution in [0.2, 0.25) is 0 Å². The van der Waals surface area contributed by atoms with Gasteiger partial charge in [-0.05, 0) is 47.9 Å². The molecule has 1 aliphatic rings. The summed E-state index contributed by atoms with van der Waals surface area (Å²) in [6, 6.07) is 27.1. The van der Waals surface area contributed by atoms with Crippen molar-refractivity contribution in [1.82, 2.24) is 5.32 Å². The maximum atomic E-state index is 14.1. The molecule has 7 heteroatoms. The Morgan fingerprint density at radius 2 is 1.57 bits per heavy atom. The van der Waals surface area contributed by atoms with Gasteiger partial charge < -0.3 is 5.32 Å². The summed E-state index contributed by atoms with van der Waals surface area (Å²) in [6.07, 6.45) is 0. The number of carbonyl (C=O) groups is 1. The average molecular weight is 487 g/mol. The first kappa shape index (κ1) is 22.8. The number of nitrogens with zero attached hydrogens (tertiary/aromatic N) is 1. The summed E-state index contributed by atoms with van der Waals surface area (Å²) in [4.78, 5) is 13.4. The van der Waals surface area contributed by atoms with Crippen molar-refractivity contribution in [2.24, 2.45) is 0 Å². The number of sulfonamides is 1. The van der Waals surface area contributed by atoms with Gasteiger partial charge >= 0.3 is 0 Å². The number of aryl methyl sites for hydroxylation is 1. The molecule has 35 heavy (non-hydrogen) atoms. The lowest BCUT2D eigenvalue weighted by atomic mass is 9.95. The summed E-state index contributed by atoms with van der Waals surface area (Å²) in [5, 5.41) is 3.02. The second-order valence-electron chi connectivity index (χ2n) is 8.44. The maximum Gasteiger partial charge on any atom is 0.265 e. The highest BCUT2D eigenvalue weighted by Gasteiger charge is 2.36. The molecule has 1 atom stereocenters. The molecule has 0 aromatic heterocycles. The van der Waals surface area contributed by atoms with Crippen LogP contribution in [0, 0.1) is 12.7 Å². The number of halogens is 1. The first-order chi connectivity index (χ1) is 16.9. The third-order valence-corrected chi connectivity index (χ3v) is 8.02. The highest BCUT2D eigenvalue weighted by atomic mass is 32.2. The van der Waals surface area contributed by atoms with E-state index in [0.717, 1.165) is 21.0 Å². The number of hydrogen-bond donors (Lipinski definition) is 1. The number of hydrogen-bond acceptors (Lipinski definition) is 3. The van der Waals surface area contributed by atoms with E-state index in [2.05, 4.69) is 5.32 Å². The molecule has 1 N–H and O–H groups in total. The summed E-state index contributed by atoms with van der Waals surface area (Å²) in [7, 11) is -4.03. The fraction of sp³-hybridized carbons (Fsp3) is 0.107. The molecule has 1 aliphatic heterocycles. The first-order valence-corrected chi connectivity index (χ1v) is 12.6. The molecule has 0 saturated heterocycles. The first-order valence-electron chi connectivity index (χ1n) is 11.2. The smallest absolute Gasteiger partial charge is 0.265 e. The zero-order valence-corrected chi connectivity index (χ0v) is 19.8. The fourth-order valence-electron chi connectivity index (χ4n) is 4.51. The average Bonchev–Trinajstić information content (AvgIpc) is 2.86. The summed E-state index contributed by atoms with van der Waals surface area (Å²) in [5.74, 6) is -0.953. The molecule has 1 amide bonds. The molecule has 0 aliphatic carbocycles. The molecule has 4 aromatic rings. The van der Waals surface area contributed by atoms with Crippen LogP contribution in [-0.4, -0.2) is 20.9 Å². The lowest BCUT2D eigenvalue weighted by molar-refractivity contribution is -0.120. The van der Waals surface area contributed by atoms with Crippen molar-refractivity contribution in [2.45, 2.75) is 17.9 Å². The molecular weight excluding hydrogens is 463 g/mol. The van der Waals surface area contributed by atoms with Gasteiger partial charge in [0.2, 0.25) is 5.91 Å². The van der Waals surface area contributed by atoms with Crippen molar-refractivity contribution in [3.8, 4) is 11.1 Å². The molecule has 0 radical (unpaired) electrons. The van der Waals surface area contributed by atoms with E-state index in [1.165, 1.54) is 24.3 Å². The fourth-order valence-corrected chi connectivity index (χ4v) is 6.16. The van der Waals surface area contributed by atoms with Gasteiger partial charge in [0.1, 0.15) is 12.4 Å². The molecule has 1 heterocycles. The van der Waals surface area contributed by atoms with Crippen molar-refractivity contribution in [1.29, 1.82) is 0 Å². The number of carbonyl (C=O) groups excluding carboxylic acids is 1. The van der Waals surface area contributed by atoms with Gasteiger partial charge in [-0.3, -0.25) is 9.10 Å². The number of fused-ring (bicyclic) bond motifs is 3. The van der Waals surface area contributed by atoms with E-state index in [1.807, 2.05) is 61.5 Å². The molecule has 5 nitrogen and oxygen atoms in total.